The van der Waals surface area contributed by atoms with Gasteiger partial charge in [-0.2, -0.15) is 0 Å². The van der Waals surface area contributed by atoms with Gasteiger partial charge in [0.1, 0.15) is 0 Å². The van der Waals surface area contributed by atoms with Crippen LogP contribution in [0.2, 0.25) is 0 Å². The van der Waals surface area contributed by atoms with E-state index in [4.69, 9.17) is 0 Å². The van der Waals surface area contributed by atoms with Crippen molar-refractivity contribution in [2.75, 3.05) is 0 Å². The van der Waals surface area contributed by atoms with E-state index in [1.807, 2.05) is 6.07 Å². The van der Waals surface area contributed by atoms with Crippen LogP contribution in [0.5, 0.6) is 0 Å². The van der Waals surface area contributed by atoms with E-state index < -0.39 is 0 Å². The van der Waals surface area contributed by atoms with Gasteiger partial charge in [0, 0.05) is 11.6 Å². The molecule has 2 aromatic heterocycles. The summed E-state index contributed by atoms with van der Waals surface area (Å²) >= 11 is 0. The number of hydrogen-bond donors (Lipinski definition) is 2. The van der Waals surface area contributed by atoms with E-state index >= 15 is 0 Å². The number of aromatic amines is 2. The minimum Gasteiger partial charge on any atom is -0.267 e. The Bertz CT molecular complexity index is 733. The van der Waals surface area contributed by atoms with Crippen LogP contribution in [-0.2, 0) is 0 Å². The standard InChI is InChI=1S/C11H7N3O2/c15-10-7-4-6-2-1-3-12-9(6)5-8(7)11(16)14-13-10/h1-5H,(H,13,15)(H,14,16). The molecule has 0 aliphatic heterocycles. The largest absolute Gasteiger partial charge is 0.270 e. The molecular weight excluding hydrogens is 206 g/mol. The molecule has 0 saturated heterocycles. The van der Waals surface area contributed by atoms with Crippen molar-refractivity contribution in [3.63, 3.8) is 0 Å². The van der Waals surface area contributed by atoms with Gasteiger partial charge >= 0.3 is 0 Å². The summed E-state index contributed by atoms with van der Waals surface area (Å²) in [5.74, 6) is 0. The molecule has 0 aliphatic rings. The summed E-state index contributed by atoms with van der Waals surface area (Å²) in [6.45, 7) is 0. The Balaban J connectivity index is 2.66. The van der Waals surface area contributed by atoms with Gasteiger partial charge in [0.2, 0.25) is 0 Å². The number of fused-ring (bicyclic) bond motifs is 2. The lowest BCUT2D eigenvalue weighted by Gasteiger charge is -1.99. The molecule has 2 N–H and O–H groups in total. The van der Waals surface area contributed by atoms with Gasteiger partial charge < -0.3 is 0 Å². The van der Waals surface area contributed by atoms with Gasteiger partial charge in [0.25, 0.3) is 11.1 Å². The van der Waals surface area contributed by atoms with Crippen LogP contribution in [0.3, 0.4) is 0 Å². The topological polar surface area (TPSA) is 78.6 Å². The summed E-state index contributed by atoms with van der Waals surface area (Å²) in [5, 5.41) is 6.15. The van der Waals surface area contributed by atoms with Crippen LogP contribution in [0.15, 0.2) is 40.1 Å². The molecule has 0 radical (unpaired) electrons. The number of pyridine rings is 1. The second kappa shape index (κ2) is 3.03. The zero-order valence-electron chi connectivity index (χ0n) is 8.15. The Morgan fingerprint density at radius 3 is 2.44 bits per heavy atom. The molecule has 3 rings (SSSR count). The SMILES string of the molecule is O=c1[nH][nH]c(=O)c2cc3ncccc3cc12. The van der Waals surface area contributed by atoms with Crippen LogP contribution in [0.4, 0.5) is 0 Å². The van der Waals surface area contributed by atoms with Crippen molar-refractivity contribution in [2.24, 2.45) is 0 Å². The lowest BCUT2D eigenvalue weighted by molar-refractivity contribution is 0.977. The molecule has 5 nitrogen and oxygen atoms in total. The molecule has 0 unspecified atom stereocenters. The molecule has 0 amide bonds. The average Bonchev–Trinajstić information content (AvgIpc) is 2.32. The third kappa shape index (κ3) is 1.15. The number of aromatic nitrogens is 3. The Kier molecular flexibility index (Phi) is 1.67. The van der Waals surface area contributed by atoms with E-state index in [-0.39, 0.29) is 11.1 Å². The van der Waals surface area contributed by atoms with Gasteiger partial charge in [-0.3, -0.25) is 24.8 Å². The zero-order valence-corrected chi connectivity index (χ0v) is 8.15. The molecule has 0 bridgehead atoms. The van der Waals surface area contributed by atoms with Crippen molar-refractivity contribution < 1.29 is 0 Å². The smallest absolute Gasteiger partial charge is 0.267 e. The number of H-pyrrole nitrogens is 2. The van der Waals surface area contributed by atoms with Crippen molar-refractivity contribution in [3.05, 3.63) is 51.2 Å². The predicted octanol–water partition coefficient (Wildman–Crippen LogP) is 0.765. The van der Waals surface area contributed by atoms with Crippen molar-refractivity contribution in [1.82, 2.24) is 15.2 Å². The highest BCUT2D eigenvalue weighted by Gasteiger charge is 2.04. The van der Waals surface area contributed by atoms with Gasteiger partial charge in [-0.15, -0.1) is 0 Å². The summed E-state index contributed by atoms with van der Waals surface area (Å²) in [6.07, 6.45) is 1.65. The van der Waals surface area contributed by atoms with Crippen LogP contribution in [0.1, 0.15) is 0 Å². The average molecular weight is 213 g/mol. The highest BCUT2D eigenvalue weighted by atomic mass is 16.1. The molecule has 3 aromatic rings. The lowest BCUT2D eigenvalue weighted by Crippen LogP contribution is -2.18. The van der Waals surface area contributed by atoms with Gasteiger partial charge in [0.15, 0.2) is 0 Å². The van der Waals surface area contributed by atoms with Gasteiger partial charge in [-0.25, -0.2) is 0 Å². The molecule has 5 heteroatoms. The maximum Gasteiger partial charge on any atom is 0.270 e. The number of rotatable bonds is 0. The Morgan fingerprint density at radius 2 is 1.69 bits per heavy atom. The monoisotopic (exact) mass is 213 g/mol. The first-order valence-corrected chi connectivity index (χ1v) is 4.75. The first kappa shape index (κ1) is 8.84. The normalized spacial score (nSPS) is 11.0. The minimum absolute atomic E-state index is 0.305. The van der Waals surface area contributed by atoms with Crippen LogP contribution >= 0.6 is 0 Å². The van der Waals surface area contributed by atoms with Crippen LogP contribution < -0.4 is 11.1 Å². The van der Waals surface area contributed by atoms with Crippen molar-refractivity contribution >= 4 is 21.7 Å². The van der Waals surface area contributed by atoms with E-state index in [1.165, 1.54) is 0 Å². The molecule has 0 spiro atoms. The van der Waals surface area contributed by atoms with E-state index in [9.17, 15) is 9.59 Å². The van der Waals surface area contributed by atoms with Crippen molar-refractivity contribution in [2.45, 2.75) is 0 Å². The molecule has 78 valence electrons. The minimum atomic E-state index is -0.317. The number of benzene rings is 1. The maximum atomic E-state index is 11.5. The molecular formula is C11H7N3O2. The second-order valence-electron chi connectivity index (χ2n) is 3.50. The quantitative estimate of drug-likeness (QED) is 0.541. The molecule has 0 aliphatic carbocycles. The fraction of sp³-hybridized carbons (Fsp3) is 0. The maximum absolute atomic E-state index is 11.5. The first-order valence-electron chi connectivity index (χ1n) is 4.75. The third-order valence-electron chi connectivity index (χ3n) is 2.52. The Morgan fingerprint density at radius 1 is 1.00 bits per heavy atom. The van der Waals surface area contributed by atoms with Crippen LogP contribution in [0.25, 0.3) is 21.7 Å². The lowest BCUT2D eigenvalue weighted by atomic mass is 10.1. The Hall–Kier alpha value is -2.43. The van der Waals surface area contributed by atoms with Crippen molar-refractivity contribution in [3.8, 4) is 0 Å². The van der Waals surface area contributed by atoms with Gasteiger partial charge in [0.05, 0.1) is 16.3 Å². The molecule has 1 aromatic carbocycles. The van der Waals surface area contributed by atoms with E-state index in [1.54, 1.807) is 24.4 Å². The van der Waals surface area contributed by atoms with Gasteiger partial charge in [-0.05, 0) is 18.2 Å². The molecule has 2 heterocycles. The number of nitrogens with one attached hydrogen (secondary N) is 2. The molecule has 0 fully saturated rings. The van der Waals surface area contributed by atoms with Gasteiger partial charge in [-0.1, -0.05) is 6.07 Å². The fourth-order valence-electron chi connectivity index (χ4n) is 1.74. The van der Waals surface area contributed by atoms with E-state index in [2.05, 4.69) is 15.2 Å². The molecule has 16 heavy (non-hydrogen) atoms. The van der Waals surface area contributed by atoms with E-state index in [0.29, 0.717) is 16.3 Å². The second-order valence-corrected chi connectivity index (χ2v) is 3.50. The zero-order chi connectivity index (χ0) is 11.1. The summed E-state index contributed by atoms with van der Waals surface area (Å²) in [5.41, 5.74) is 0.0774. The predicted molar refractivity (Wildman–Crippen MR) is 60.5 cm³/mol. The summed E-state index contributed by atoms with van der Waals surface area (Å²) in [4.78, 5) is 27.2. The van der Waals surface area contributed by atoms with Crippen LogP contribution in [-0.4, -0.2) is 15.2 Å². The summed E-state index contributed by atoms with van der Waals surface area (Å²) in [7, 11) is 0. The van der Waals surface area contributed by atoms with E-state index in [0.717, 1.165) is 5.39 Å². The van der Waals surface area contributed by atoms with Crippen molar-refractivity contribution in [1.29, 1.82) is 0 Å². The third-order valence-corrected chi connectivity index (χ3v) is 2.52. The number of nitrogens with zero attached hydrogens (tertiary/aromatic N) is 1. The highest BCUT2D eigenvalue weighted by Crippen LogP contribution is 2.15. The first-order chi connectivity index (χ1) is 7.75. The summed E-state index contributed by atoms with van der Waals surface area (Å²) < 4.78 is 0. The number of hydrogen-bond acceptors (Lipinski definition) is 3. The van der Waals surface area contributed by atoms with Crippen LogP contribution in [0, 0.1) is 0 Å². The summed E-state index contributed by atoms with van der Waals surface area (Å²) in [6, 6.07) is 6.93. The molecule has 0 saturated carbocycles. The molecule has 0 atom stereocenters. The fourth-order valence-corrected chi connectivity index (χ4v) is 1.74. The highest BCUT2D eigenvalue weighted by molar-refractivity contribution is 5.95. The Labute approximate surface area is 88.7 Å².